The second-order valence-corrected chi connectivity index (χ2v) is 6.66. The van der Waals surface area contributed by atoms with Crippen LogP contribution in [0.15, 0.2) is 54.9 Å². The van der Waals surface area contributed by atoms with Crippen molar-refractivity contribution in [2.75, 3.05) is 13.1 Å². The van der Waals surface area contributed by atoms with Gasteiger partial charge in [-0.3, -0.25) is 4.79 Å². The standard InChI is InChI=1S/C20H21N3O/c1-15-12-23-14-18(7-8-19(23)21-15)20(24)22-10-9-17(13-22)11-16-5-3-2-4-6-16/h2-8,12,14,17H,9-11,13H2,1H3/t17-/m0/s1. The van der Waals surface area contributed by atoms with E-state index in [2.05, 4.69) is 29.2 Å². The summed E-state index contributed by atoms with van der Waals surface area (Å²) in [5.74, 6) is 0.675. The highest BCUT2D eigenvalue weighted by Gasteiger charge is 2.27. The van der Waals surface area contributed by atoms with E-state index < -0.39 is 0 Å². The van der Waals surface area contributed by atoms with Crippen LogP contribution in [0, 0.1) is 12.8 Å². The van der Waals surface area contributed by atoms with Gasteiger partial charge in [-0.15, -0.1) is 0 Å². The Morgan fingerprint density at radius 2 is 2.00 bits per heavy atom. The molecule has 4 rings (SSSR count). The topological polar surface area (TPSA) is 37.6 Å². The maximum Gasteiger partial charge on any atom is 0.255 e. The second kappa shape index (κ2) is 6.11. The van der Waals surface area contributed by atoms with Crippen molar-refractivity contribution in [2.24, 2.45) is 5.92 Å². The molecule has 0 N–H and O–H groups in total. The first-order valence-electron chi connectivity index (χ1n) is 8.47. The van der Waals surface area contributed by atoms with E-state index >= 15 is 0 Å². The highest BCUT2D eigenvalue weighted by Crippen LogP contribution is 2.22. The van der Waals surface area contributed by atoms with Crippen LogP contribution in [0.5, 0.6) is 0 Å². The molecule has 0 aliphatic carbocycles. The fraction of sp³-hybridized carbons (Fsp3) is 0.300. The van der Waals surface area contributed by atoms with E-state index in [0.29, 0.717) is 5.92 Å². The van der Waals surface area contributed by atoms with Gasteiger partial charge in [0, 0.05) is 25.5 Å². The van der Waals surface area contributed by atoms with Gasteiger partial charge in [0.05, 0.1) is 11.3 Å². The van der Waals surface area contributed by atoms with Gasteiger partial charge in [-0.25, -0.2) is 4.98 Å². The van der Waals surface area contributed by atoms with Crippen LogP contribution in [0.4, 0.5) is 0 Å². The molecule has 1 atom stereocenters. The Labute approximate surface area is 141 Å². The summed E-state index contributed by atoms with van der Waals surface area (Å²) >= 11 is 0. The molecule has 1 fully saturated rings. The van der Waals surface area contributed by atoms with Gasteiger partial charge in [-0.05, 0) is 43.4 Å². The van der Waals surface area contributed by atoms with Crippen molar-refractivity contribution in [2.45, 2.75) is 19.8 Å². The van der Waals surface area contributed by atoms with Crippen LogP contribution in [0.3, 0.4) is 0 Å². The predicted molar refractivity (Wildman–Crippen MR) is 94.1 cm³/mol. The van der Waals surface area contributed by atoms with Crippen LogP contribution in [0.1, 0.15) is 28.0 Å². The SMILES string of the molecule is Cc1cn2cc(C(=O)N3CC[C@@H](Cc4ccccc4)C3)ccc2n1. The highest BCUT2D eigenvalue weighted by molar-refractivity contribution is 5.94. The molecule has 0 spiro atoms. The van der Waals surface area contributed by atoms with Gasteiger partial charge in [0.1, 0.15) is 5.65 Å². The summed E-state index contributed by atoms with van der Waals surface area (Å²) < 4.78 is 1.93. The second-order valence-electron chi connectivity index (χ2n) is 6.66. The molecule has 0 radical (unpaired) electrons. The first-order chi connectivity index (χ1) is 11.7. The Balaban J connectivity index is 1.46. The zero-order valence-corrected chi connectivity index (χ0v) is 13.9. The minimum absolute atomic E-state index is 0.124. The molecule has 1 saturated heterocycles. The van der Waals surface area contributed by atoms with Crippen LogP contribution in [0.2, 0.25) is 0 Å². The lowest BCUT2D eigenvalue weighted by molar-refractivity contribution is 0.0786. The zero-order valence-electron chi connectivity index (χ0n) is 13.9. The van der Waals surface area contributed by atoms with Gasteiger partial charge in [0.15, 0.2) is 0 Å². The van der Waals surface area contributed by atoms with Crippen molar-refractivity contribution in [3.63, 3.8) is 0 Å². The number of carbonyl (C=O) groups is 1. The molecule has 0 unspecified atom stereocenters. The summed E-state index contributed by atoms with van der Waals surface area (Å²) in [7, 11) is 0. The summed E-state index contributed by atoms with van der Waals surface area (Å²) in [6, 6.07) is 14.3. The molecule has 1 aliphatic heterocycles. The number of aryl methyl sites for hydroxylation is 1. The molecule has 24 heavy (non-hydrogen) atoms. The Hall–Kier alpha value is -2.62. The third kappa shape index (κ3) is 2.92. The number of hydrogen-bond donors (Lipinski definition) is 0. The molecule has 1 aliphatic rings. The minimum atomic E-state index is 0.124. The Morgan fingerprint density at radius 1 is 1.17 bits per heavy atom. The number of nitrogens with zero attached hydrogens (tertiary/aromatic N) is 3. The number of imidazole rings is 1. The molecule has 3 aromatic rings. The highest BCUT2D eigenvalue weighted by atomic mass is 16.2. The van der Waals surface area contributed by atoms with Gasteiger partial charge in [-0.2, -0.15) is 0 Å². The Morgan fingerprint density at radius 3 is 2.83 bits per heavy atom. The molecule has 122 valence electrons. The van der Waals surface area contributed by atoms with Crippen molar-refractivity contribution >= 4 is 11.6 Å². The van der Waals surface area contributed by atoms with Crippen molar-refractivity contribution < 1.29 is 4.79 Å². The lowest BCUT2D eigenvalue weighted by Crippen LogP contribution is -2.29. The molecular weight excluding hydrogens is 298 g/mol. The minimum Gasteiger partial charge on any atom is -0.338 e. The molecule has 4 nitrogen and oxygen atoms in total. The number of benzene rings is 1. The monoisotopic (exact) mass is 319 g/mol. The van der Waals surface area contributed by atoms with Gasteiger partial charge >= 0.3 is 0 Å². The molecule has 0 bridgehead atoms. The molecular formula is C20H21N3O. The van der Waals surface area contributed by atoms with Crippen LogP contribution >= 0.6 is 0 Å². The molecule has 1 aromatic carbocycles. The molecule has 4 heteroatoms. The van der Waals surface area contributed by atoms with Crippen LogP contribution in [0.25, 0.3) is 5.65 Å². The number of amides is 1. The summed E-state index contributed by atoms with van der Waals surface area (Å²) in [5.41, 5.74) is 3.93. The van der Waals surface area contributed by atoms with Crippen molar-refractivity contribution in [3.05, 3.63) is 71.7 Å². The van der Waals surface area contributed by atoms with E-state index in [4.69, 9.17) is 0 Å². The van der Waals surface area contributed by atoms with Gasteiger partial charge in [0.2, 0.25) is 0 Å². The Kier molecular flexibility index (Phi) is 3.81. The average molecular weight is 319 g/mol. The third-order valence-electron chi connectivity index (χ3n) is 4.76. The number of fused-ring (bicyclic) bond motifs is 1. The van der Waals surface area contributed by atoms with E-state index in [1.807, 2.05) is 46.8 Å². The first kappa shape index (κ1) is 14.9. The number of pyridine rings is 1. The van der Waals surface area contributed by atoms with E-state index in [1.165, 1.54) is 5.56 Å². The maximum atomic E-state index is 12.8. The van der Waals surface area contributed by atoms with E-state index in [9.17, 15) is 4.79 Å². The van der Waals surface area contributed by atoms with Crippen molar-refractivity contribution in [1.29, 1.82) is 0 Å². The van der Waals surface area contributed by atoms with Crippen LogP contribution in [-0.4, -0.2) is 33.3 Å². The number of likely N-dealkylation sites (tertiary alicyclic amines) is 1. The summed E-state index contributed by atoms with van der Waals surface area (Å²) in [4.78, 5) is 19.2. The number of carbonyl (C=O) groups excluding carboxylic acids is 1. The largest absolute Gasteiger partial charge is 0.338 e. The summed E-state index contributed by atoms with van der Waals surface area (Å²) in [5, 5.41) is 0. The fourth-order valence-corrected chi connectivity index (χ4v) is 3.56. The summed E-state index contributed by atoms with van der Waals surface area (Å²) in [6.45, 7) is 3.65. The molecule has 3 heterocycles. The lowest BCUT2D eigenvalue weighted by atomic mass is 9.99. The normalized spacial score (nSPS) is 17.5. The number of aromatic nitrogens is 2. The van der Waals surface area contributed by atoms with E-state index in [1.54, 1.807) is 0 Å². The van der Waals surface area contributed by atoms with E-state index in [0.717, 1.165) is 42.8 Å². The fourth-order valence-electron chi connectivity index (χ4n) is 3.56. The van der Waals surface area contributed by atoms with E-state index in [-0.39, 0.29) is 5.91 Å². The first-order valence-corrected chi connectivity index (χ1v) is 8.47. The number of rotatable bonds is 3. The van der Waals surface area contributed by atoms with Crippen LogP contribution in [-0.2, 0) is 6.42 Å². The predicted octanol–water partition coefficient (Wildman–Crippen LogP) is 3.35. The Bertz CT molecular complexity index is 869. The molecule has 2 aromatic heterocycles. The van der Waals surface area contributed by atoms with Gasteiger partial charge < -0.3 is 9.30 Å². The van der Waals surface area contributed by atoms with Crippen molar-refractivity contribution in [1.82, 2.24) is 14.3 Å². The summed E-state index contributed by atoms with van der Waals surface area (Å²) in [6.07, 6.45) is 5.97. The number of hydrogen-bond acceptors (Lipinski definition) is 2. The molecule has 0 saturated carbocycles. The van der Waals surface area contributed by atoms with Crippen LogP contribution < -0.4 is 0 Å². The smallest absolute Gasteiger partial charge is 0.255 e. The van der Waals surface area contributed by atoms with Crippen molar-refractivity contribution in [3.8, 4) is 0 Å². The zero-order chi connectivity index (χ0) is 16.5. The quantitative estimate of drug-likeness (QED) is 0.742. The third-order valence-corrected chi connectivity index (χ3v) is 4.76. The maximum absolute atomic E-state index is 12.8. The average Bonchev–Trinajstić information content (AvgIpc) is 3.20. The lowest BCUT2D eigenvalue weighted by Gasteiger charge is -2.17. The molecule has 1 amide bonds. The van der Waals surface area contributed by atoms with Gasteiger partial charge in [-0.1, -0.05) is 30.3 Å². The van der Waals surface area contributed by atoms with Gasteiger partial charge in [0.25, 0.3) is 5.91 Å².